The van der Waals surface area contributed by atoms with Gasteiger partial charge in [-0.15, -0.1) is 0 Å². The van der Waals surface area contributed by atoms with E-state index >= 15 is 0 Å². The van der Waals surface area contributed by atoms with Gasteiger partial charge >= 0.3 is 0 Å². The molecule has 0 fully saturated rings. The number of hydrogen-bond acceptors (Lipinski definition) is 2. The van der Waals surface area contributed by atoms with Gasteiger partial charge in [0.1, 0.15) is 12.4 Å². The zero-order valence-corrected chi connectivity index (χ0v) is 8.00. The first-order valence-corrected chi connectivity index (χ1v) is 4.11. The zero-order valence-electron chi connectivity index (χ0n) is 5.84. The van der Waals surface area contributed by atoms with E-state index in [4.69, 9.17) is 5.26 Å². The summed E-state index contributed by atoms with van der Waals surface area (Å²) in [5, 5.41) is 8.45. The van der Waals surface area contributed by atoms with E-state index in [-0.39, 0.29) is 9.13 Å². The molecular weight excluding hydrogens is 272 g/mol. The van der Waals surface area contributed by atoms with E-state index in [0.717, 1.165) is 0 Å². The summed E-state index contributed by atoms with van der Waals surface area (Å²) in [7, 11) is 0. The summed E-state index contributed by atoms with van der Waals surface area (Å²) in [6, 6.07) is 4.29. The van der Waals surface area contributed by atoms with Crippen molar-refractivity contribution >= 4 is 28.9 Å². The number of nitrogens with zero attached hydrogens (tertiary/aromatic N) is 1. The van der Waals surface area contributed by atoms with Gasteiger partial charge in [0.2, 0.25) is 0 Å². The second kappa shape index (κ2) is 3.63. The maximum Gasteiger partial charge on any atom is 0.154 e. The smallest absolute Gasteiger partial charge is 0.154 e. The summed E-state index contributed by atoms with van der Waals surface area (Å²) >= 11 is 1.74. The van der Waals surface area contributed by atoms with Crippen LogP contribution in [0.15, 0.2) is 12.1 Å². The Labute approximate surface area is 82.1 Å². The lowest BCUT2D eigenvalue weighted by atomic mass is 10.1. The number of rotatable bonds is 1. The average Bonchev–Trinajstić information content (AvgIpc) is 2.09. The first kappa shape index (κ1) is 9.13. The van der Waals surface area contributed by atoms with Gasteiger partial charge in [-0.1, -0.05) is 0 Å². The molecule has 0 N–H and O–H groups in total. The van der Waals surface area contributed by atoms with E-state index in [1.165, 1.54) is 12.1 Å². The van der Waals surface area contributed by atoms with E-state index in [9.17, 15) is 9.18 Å². The van der Waals surface area contributed by atoms with Gasteiger partial charge in [0.25, 0.3) is 0 Å². The van der Waals surface area contributed by atoms with Gasteiger partial charge in [-0.2, -0.15) is 5.26 Å². The lowest BCUT2D eigenvalue weighted by Crippen LogP contribution is -1.91. The Morgan fingerprint density at radius 2 is 2.25 bits per heavy atom. The van der Waals surface area contributed by atoms with Gasteiger partial charge in [-0.25, -0.2) is 4.39 Å². The molecule has 12 heavy (non-hydrogen) atoms. The highest BCUT2D eigenvalue weighted by atomic mass is 127. The van der Waals surface area contributed by atoms with E-state index < -0.39 is 5.82 Å². The van der Waals surface area contributed by atoms with Crippen molar-refractivity contribution in [3.8, 4) is 6.07 Å². The average molecular weight is 275 g/mol. The van der Waals surface area contributed by atoms with Crippen molar-refractivity contribution < 1.29 is 9.18 Å². The molecule has 0 spiro atoms. The Hall–Kier alpha value is -0.960. The van der Waals surface area contributed by atoms with Crippen LogP contribution >= 0.6 is 22.6 Å². The van der Waals surface area contributed by atoms with Gasteiger partial charge in [0, 0.05) is 5.56 Å². The number of nitriles is 1. The monoisotopic (exact) mass is 275 g/mol. The third-order valence-electron chi connectivity index (χ3n) is 1.31. The molecule has 0 amide bonds. The summed E-state index contributed by atoms with van der Waals surface area (Å²) < 4.78 is 13.3. The lowest BCUT2D eigenvalue weighted by molar-refractivity contribution is 0.112. The standard InChI is InChI=1S/C8H3FINO/c9-8-6(3-11)1-5(4-12)2-7(8)10/h1-2,4H. The third-order valence-corrected chi connectivity index (χ3v) is 2.09. The number of carbonyl (C=O) groups is 1. The molecule has 0 aliphatic rings. The minimum Gasteiger partial charge on any atom is -0.298 e. The van der Waals surface area contributed by atoms with E-state index in [0.29, 0.717) is 11.8 Å². The van der Waals surface area contributed by atoms with Crippen LogP contribution in [-0.4, -0.2) is 6.29 Å². The van der Waals surface area contributed by atoms with Crippen molar-refractivity contribution in [1.82, 2.24) is 0 Å². The molecule has 4 heteroatoms. The van der Waals surface area contributed by atoms with Crippen molar-refractivity contribution in [3.05, 3.63) is 32.6 Å². The normalized spacial score (nSPS) is 9.08. The molecule has 0 heterocycles. The van der Waals surface area contributed by atoms with Crippen molar-refractivity contribution in [3.63, 3.8) is 0 Å². The molecular formula is C8H3FINO. The van der Waals surface area contributed by atoms with Crippen LogP contribution < -0.4 is 0 Å². The maximum absolute atomic E-state index is 13.0. The van der Waals surface area contributed by atoms with Crippen LogP contribution in [0.1, 0.15) is 15.9 Å². The number of benzene rings is 1. The highest BCUT2D eigenvalue weighted by Gasteiger charge is 2.07. The summed E-state index contributed by atoms with van der Waals surface area (Å²) in [4.78, 5) is 10.3. The molecule has 0 atom stereocenters. The van der Waals surface area contributed by atoms with Crippen LogP contribution in [-0.2, 0) is 0 Å². The topological polar surface area (TPSA) is 40.9 Å². The van der Waals surface area contributed by atoms with Crippen molar-refractivity contribution in [2.75, 3.05) is 0 Å². The summed E-state index contributed by atoms with van der Waals surface area (Å²) in [6.45, 7) is 0. The number of halogens is 2. The minimum absolute atomic E-state index is 0.0935. The Bertz CT molecular complexity index is 370. The number of aldehydes is 1. The van der Waals surface area contributed by atoms with Gasteiger partial charge in [0.05, 0.1) is 9.13 Å². The van der Waals surface area contributed by atoms with Gasteiger partial charge < -0.3 is 0 Å². The van der Waals surface area contributed by atoms with Crippen LogP contribution in [0.2, 0.25) is 0 Å². The molecule has 0 radical (unpaired) electrons. The predicted octanol–water partition coefficient (Wildman–Crippen LogP) is 2.11. The maximum atomic E-state index is 13.0. The first-order chi connectivity index (χ1) is 5.69. The summed E-state index contributed by atoms with van der Waals surface area (Å²) in [5.74, 6) is -0.566. The van der Waals surface area contributed by atoms with E-state index in [2.05, 4.69) is 0 Å². The molecule has 0 unspecified atom stereocenters. The lowest BCUT2D eigenvalue weighted by Gasteiger charge is -1.97. The zero-order chi connectivity index (χ0) is 9.14. The molecule has 1 aromatic rings. The first-order valence-electron chi connectivity index (χ1n) is 3.03. The molecule has 0 saturated heterocycles. The predicted molar refractivity (Wildman–Crippen MR) is 49.2 cm³/mol. The van der Waals surface area contributed by atoms with Crippen molar-refractivity contribution in [2.45, 2.75) is 0 Å². The SMILES string of the molecule is N#Cc1cc(C=O)cc(I)c1F. The molecule has 0 aliphatic carbocycles. The fourth-order valence-corrected chi connectivity index (χ4v) is 1.41. The quantitative estimate of drug-likeness (QED) is 0.581. The van der Waals surface area contributed by atoms with Gasteiger partial charge in [-0.05, 0) is 34.7 Å². The van der Waals surface area contributed by atoms with Crippen LogP contribution in [0.3, 0.4) is 0 Å². The molecule has 0 bridgehead atoms. The summed E-state index contributed by atoms with van der Waals surface area (Å²) in [5.41, 5.74) is 0.223. The third kappa shape index (κ3) is 1.61. The second-order valence-electron chi connectivity index (χ2n) is 2.09. The van der Waals surface area contributed by atoms with E-state index in [1.54, 1.807) is 28.7 Å². The van der Waals surface area contributed by atoms with Crippen LogP contribution in [0, 0.1) is 20.7 Å². The second-order valence-corrected chi connectivity index (χ2v) is 3.26. The fraction of sp³-hybridized carbons (Fsp3) is 0. The minimum atomic E-state index is -0.566. The van der Waals surface area contributed by atoms with Crippen LogP contribution in [0.25, 0.3) is 0 Å². The Kier molecular flexibility index (Phi) is 2.76. The Morgan fingerprint density at radius 3 is 2.75 bits per heavy atom. The molecule has 2 nitrogen and oxygen atoms in total. The largest absolute Gasteiger partial charge is 0.298 e. The molecule has 60 valence electrons. The molecule has 0 aliphatic heterocycles. The van der Waals surface area contributed by atoms with Crippen LogP contribution in [0.5, 0.6) is 0 Å². The van der Waals surface area contributed by atoms with Gasteiger partial charge in [-0.3, -0.25) is 4.79 Å². The van der Waals surface area contributed by atoms with Crippen molar-refractivity contribution in [1.29, 1.82) is 5.26 Å². The Balaban J connectivity index is 3.41. The van der Waals surface area contributed by atoms with Crippen molar-refractivity contribution in [2.24, 2.45) is 0 Å². The molecule has 0 aromatic heterocycles. The van der Waals surface area contributed by atoms with E-state index in [1.807, 2.05) is 0 Å². The van der Waals surface area contributed by atoms with Crippen LogP contribution in [0.4, 0.5) is 4.39 Å². The van der Waals surface area contributed by atoms with Gasteiger partial charge in [0.15, 0.2) is 5.82 Å². The number of carbonyl (C=O) groups excluding carboxylic acids is 1. The fourth-order valence-electron chi connectivity index (χ4n) is 0.759. The highest BCUT2D eigenvalue weighted by molar-refractivity contribution is 14.1. The highest BCUT2D eigenvalue weighted by Crippen LogP contribution is 2.16. The molecule has 1 rings (SSSR count). The number of hydrogen-bond donors (Lipinski definition) is 0. The summed E-state index contributed by atoms with van der Waals surface area (Å²) in [6.07, 6.45) is 0.586. The molecule has 0 saturated carbocycles. The Morgan fingerprint density at radius 1 is 1.58 bits per heavy atom. The molecule has 1 aromatic carbocycles.